The number of hydrogen-bond donors (Lipinski definition) is 0. The predicted molar refractivity (Wildman–Crippen MR) is 80.3 cm³/mol. The Bertz CT molecular complexity index is 769. The molecule has 25 heavy (non-hydrogen) atoms. The van der Waals surface area contributed by atoms with Crippen LogP contribution in [0.3, 0.4) is 0 Å². The van der Waals surface area contributed by atoms with E-state index in [0.717, 1.165) is 18.5 Å². The van der Waals surface area contributed by atoms with Crippen molar-refractivity contribution in [3.63, 3.8) is 0 Å². The van der Waals surface area contributed by atoms with Crippen molar-refractivity contribution in [1.29, 1.82) is 0 Å². The Kier molecular flexibility index (Phi) is 4.49. The van der Waals surface area contributed by atoms with Gasteiger partial charge in [0.2, 0.25) is 0 Å². The Hall–Kier alpha value is -2.45. The van der Waals surface area contributed by atoms with Crippen LogP contribution in [-0.2, 0) is 13.2 Å². The third-order valence-corrected chi connectivity index (χ3v) is 4.22. The van der Waals surface area contributed by atoms with Gasteiger partial charge in [0.25, 0.3) is 5.91 Å². The third kappa shape index (κ3) is 3.64. The molecule has 1 atom stereocenters. The number of rotatable bonds is 2. The van der Waals surface area contributed by atoms with Crippen LogP contribution in [0.25, 0.3) is 0 Å². The molecule has 0 bridgehead atoms. The van der Waals surface area contributed by atoms with Crippen LogP contribution in [0.4, 0.5) is 17.6 Å². The van der Waals surface area contributed by atoms with Gasteiger partial charge >= 0.3 is 6.18 Å². The third-order valence-electron chi connectivity index (χ3n) is 4.22. The van der Waals surface area contributed by atoms with Crippen LogP contribution in [0.5, 0.6) is 0 Å². The molecule has 1 saturated heterocycles. The molecule has 5 nitrogen and oxygen atoms in total. The van der Waals surface area contributed by atoms with Crippen molar-refractivity contribution in [2.24, 2.45) is 7.05 Å². The second-order valence-corrected chi connectivity index (χ2v) is 6.04. The quantitative estimate of drug-likeness (QED) is 0.778. The molecule has 9 heteroatoms. The molecular formula is C16H16F4N4O. The molecule has 3 rings (SSSR count). The zero-order valence-corrected chi connectivity index (χ0v) is 13.4. The van der Waals surface area contributed by atoms with E-state index in [9.17, 15) is 22.4 Å². The van der Waals surface area contributed by atoms with E-state index in [1.165, 1.54) is 22.6 Å². The number of aromatic nitrogens is 3. The summed E-state index contributed by atoms with van der Waals surface area (Å²) in [6.45, 7) is 0.727. The van der Waals surface area contributed by atoms with Gasteiger partial charge in [-0.15, -0.1) is 0 Å². The van der Waals surface area contributed by atoms with E-state index < -0.39 is 17.7 Å². The van der Waals surface area contributed by atoms with Crippen molar-refractivity contribution in [2.45, 2.75) is 24.9 Å². The van der Waals surface area contributed by atoms with Crippen LogP contribution in [0, 0.1) is 5.82 Å². The number of halogens is 4. The molecule has 1 amide bonds. The summed E-state index contributed by atoms with van der Waals surface area (Å²) in [4.78, 5) is 21.5. The maximum Gasteiger partial charge on any atom is 0.434 e. The first-order valence-corrected chi connectivity index (χ1v) is 7.77. The van der Waals surface area contributed by atoms with Crippen molar-refractivity contribution in [1.82, 2.24) is 19.4 Å². The van der Waals surface area contributed by atoms with Crippen LogP contribution in [-0.4, -0.2) is 38.4 Å². The Morgan fingerprint density at radius 2 is 2.08 bits per heavy atom. The standard InChI is InChI=1S/C16H16F4N4O/c1-23-9-13(16(18,19)20)22-14(23)10-3-2-6-24(8-10)15(25)12-5-4-11(17)7-21-12/h4-5,7,9-10H,2-3,6,8H2,1H3/t10-/m1/s1. The first kappa shape index (κ1) is 17.4. The predicted octanol–water partition coefficient (Wildman–Crippen LogP) is 2.99. The normalized spacial score (nSPS) is 18.4. The number of alkyl halides is 3. The molecule has 2 aromatic rings. The number of hydrogen-bond acceptors (Lipinski definition) is 3. The molecule has 0 aromatic carbocycles. The first-order valence-electron chi connectivity index (χ1n) is 7.77. The van der Waals surface area contributed by atoms with Gasteiger partial charge in [-0.25, -0.2) is 14.4 Å². The highest BCUT2D eigenvalue weighted by atomic mass is 19.4. The van der Waals surface area contributed by atoms with Crippen LogP contribution < -0.4 is 0 Å². The second kappa shape index (κ2) is 6.45. The molecule has 0 saturated carbocycles. The van der Waals surface area contributed by atoms with Crippen LogP contribution >= 0.6 is 0 Å². The van der Waals surface area contributed by atoms with Crippen molar-refractivity contribution >= 4 is 5.91 Å². The number of carbonyl (C=O) groups is 1. The van der Waals surface area contributed by atoms with Gasteiger partial charge in [0.15, 0.2) is 5.69 Å². The van der Waals surface area contributed by atoms with E-state index in [0.29, 0.717) is 25.2 Å². The van der Waals surface area contributed by atoms with Gasteiger partial charge in [0.1, 0.15) is 17.3 Å². The molecule has 1 aliphatic rings. The SMILES string of the molecule is Cn1cc(C(F)(F)F)nc1[C@@H]1CCCN(C(=O)c2ccc(F)cn2)C1. The van der Waals surface area contributed by atoms with Crippen molar-refractivity contribution in [2.75, 3.05) is 13.1 Å². The highest BCUT2D eigenvalue weighted by Crippen LogP contribution is 2.32. The topological polar surface area (TPSA) is 51.0 Å². The van der Waals surface area contributed by atoms with Gasteiger partial charge < -0.3 is 9.47 Å². The molecule has 1 aliphatic heterocycles. The van der Waals surface area contributed by atoms with Gasteiger partial charge in [-0.1, -0.05) is 0 Å². The number of pyridine rings is 1. The molecule has 0 N–H and O–H groups in total. The average Bonchev–Trinajstić information content (AvgIpc) is 2.97. The number of likely N-dealkylation sites (tertiary alicyclic amines) is 1. The molecule has 2 aromatic heterocycles. The molecule has 3 heterocycles. The lowest BCUT2D eigenvalue weighted by Gasteiger charge is -2.32. The summed E-state index contributed by atoms with van der Waals surface area (Å²) < 4.78 is 52.8. The summed E-state index contributed by atoms with van der Waals surface area (Å²) >= 11 is 0. The van der Waals surface area contributed by atoms with Crippen molar-refractivity contribution in [3.05, 3.63) is 47.6 Å². The smallest absolute Gasteiger partial charge is 0.337 e. The van der Waals surface area contributed by atoms with E-state index in [4.69, 9.17) is 0 Å². The van der Waals surface area contributed by atoms with Crippen LogP contribution in [0.1, 0.15) is 40.8 Å². The Labute approximate surface area is 141 Å². The zero-order chi connectivity index (χ0) is 18.2. The second-order valence-electron chi connectivity index (χ2n) is 6.04. The minimum absolute atomic E-state index is 0.109. The first-order chi connectivity index (χ1) is 11.8. The molecule has 0 spiro atoms. The summed E-state index contributed by atoms with van der Waals surface area (Å²) in [5.41, 5.74) is -0.827. The van der Waals surface area contributed by atoms with E-state index in [1.807, 2.05) is 0 Å². The largest absolute Gasteiger partial charge is 0.434 e. The highest BCUT2D eigenvalue weighted by Gasteiger charge is 2.36. The number of carbonyl (C=O) groups excluding carboxylic acids is 1. The highest BCUT2D eigenvalue weighted by molar-refractivity contribution is 5.92. The lowest BCUT2D eigenvalue weighted by Crippen LogP contribution is -2.40. The number of amides is 1. The van der Waals surface area contributed by atoms with E-state index >= 15 is 0 Å². The van der Waals surface area contributed by atoms with Gasteiger partial charge in [-0.3, -0.25) is 4.79 Å². The van der Waals surface area contributed by atoms with E-state index in [1.54, 1.807) is 0 Å². The molecule has 0 unspecified atom stereocenters. The fourth-order valence-electron chi connectivity index (χ4n) is 3.03. The number of nitrogens with zero attached hydrogens (tertiary/aromatic N) is 4. The molecular weight excluding hydrogens is 340 g/mol. The average molecular weight is 356 g/mol. The minimum Gasteiger partial charge on any atom is -0.337 e. The molecule has 1 fully saturated rings. The van der Waals surface area contributed by atoms with Gasteiger partial charge in [-0.2, -0.15) is 13.2 Å². The summed E-state index contributed by atoms with van der Waals surface area (Å²) in [5, 5.41) is 0. The number of piperidine rings is 1. The van der Waals surface area contributed by atoms with E-state index in [-0.39, 0.29) is 24.1 Å². The maximum atomic E-state index is 12.9. The number of aryl methyl sites for hydroxylation is 1. The Morgan fingerprint density at radius 1 is 1.32 bits per heavy atom. The monoisotopic (exact) mass is 356 g/mol. The fourth-order valence-corrected chi connectivity index (χ4v) is 3.03. The molecule has 134 valence electrons. The fraction of sp³-hybridized carbons (Fsp3) is 0.438. The minimum atomic E-state index is -4.50. The van der Waals surface area contributed by atoms with Crippen LogP contribution in [0.15, 0.2) is 24.5 Å². The lowest BCUT2D eigenvalue weighted by atomic mass is 9.97. The molecule has 0 aliphatic carbocycles. The van der Waals surface area contributed by atoms with Gasteiger partial charge in [0.05, 0.1) is 6.20 Å². The maximum absolute atomic E-state index is 12.9. The summed E-state index contributed by atoms with van der Waals surface area (Å²) in [7, 11) is 1.51. The van der Waals surface area contributed by atoms with Gasteiger partial charge in [0, 0.05) is 32.3 Å². The van der Waals surface area contributed by atoms with Crippen molar-refractivity contribution in [3.8, 4) is 0 Å². The van der Waals surface area contributed by atoms with E-state index in [2.05, 4.69) is 9.97 Å². The molecule has 0 radical (unpaired) electrons. The Morgan fingerprint density at radius 3 is 2.68 bits per heavy atom. The van der Waals surface area contributed by atoms with Crippen LogP contribution in [0.2, 0.25) is 0 Å². The lowest BCUT2D eigenvalue weighted by molar-refractivity contribution is -0.141. The zero-order valence-electron chi connectivity index (χ0n) is 13.4. The number of imidazole rings is 1. The van der Waals surface area contributed by atoms with Gasteiger partial charge in [-0.05, 0) is 25.0 Å². The summed E-state index contributed by atoms with van der Waals surface area (Å²) in [5.74, 6) is -0.896. The van der Waals surface area contributed by atoms with Crippen molar-refractivity contribution < 1.29 is 22.4 Å². The summed E-state index contributed by atoms with van der Waals surface area (Å²) in [6, 6.07) is 2.44. The Balaban J connectivity index is 1.78. The summed E-state index contributed by atoms with van der Waals surface area (Å²) in [6.07, 6.45) is -1.30.